The number of pyridine rings is 2. The Labute approximate surface area is 364 Å². The SMILES string of the molecule is Cc1cnc(-c2cc(N(c3cc(-c4cc(-c5ccccc5)c(C)cn4)cc(C(C)(C)C)c3)c3ccc(CC(C)C)c4ccccc34)cc(C(C)(C)C)c2)cc1-c1ccccc1. The number of hydrogen-bond acceptors (Lipinski definition) is 3. The monoisotopic (exact) mass is 797 g/mol. The molecule has 2 heterocycles. The molecule has 0 saturated heterocycles. The van der Waals surface area contributed by atoms with Crippen molar-refractivity contribution >= 4 is 27.8 Å². The standard InChI is InChI=1S/C58H59N3/c1-38(2)27-43-25-26-56(51-24-18-17-23-50(43)51)61(48-30-44(28-46(32-48)57(5,6)7)54-34-52(39(3)36-59-54)41-19-13-11-14-20-41)49-31-45(29-47(33-49)58(8,9)10)55-35-53(40(4)37-60-55)42-21-15-12-16-22-42/h11-26,28-38H,27H2,1-10H3. The third-order valence-electron chi connectivity index (χ3n) is 11.9. The lowest BCUT2D eigenvalue weighted by Crippen LogP contribution is -2.17. The van der Waals surface area contributed by atoms with Crippen molar-refractivity contribution in [3.05, 3.63) is 186 Å². The van der Waals surface area contributed by atoms with Gasteiger partial charge in [0.05, 0.1) is 17.1 Å². The topological polar surface area (TPSA) is 29.0 Å². The van der Waals surface area contributed by atoms with E-state index in [4.69, 9.17) is 9.97 Å². The van der Waals surface area contributed by atoms with E-state index in [9.17, 15) is 0 Å². The first kappa shape index (κ1) is 41.4. The lowest BCUT2D eigenvalue weighted by molar-refractivity contribution is 0.590. The highest BCUT2D eigenvalue weighted by molar-refractivity contribution is 6.01. The summed E-state index contributed by atoms with van der Waals surface area (Å²) in [4.78, 5) is 12.7. The molecule has 0 radical (unpaired) electrons. The molecule has 0 aliphatic carbocycles. The number of rotatable bonds is 9. The van der Waals surface area contributed by atoms with E-state index in [2.05, 4.69) is 220 Å². The number of anilines is 3. The van der Waals surface area contributed by atoms with Crippen LogP contribution in [0.15, 0.2) is 158 Å². The third-order valence-corrected chi connectivity index (χ3v) is 11.9. The lowest BCUT2D eigenvalue weighted by atomic mass is 9.84. The number of hydrogen-bond donors (Lipinski definition) is 0. The predicted molar refractivity (Wildman–Crippen MR) is 261 cm³/mol. The Bertz CT molecular complexity index is 2690. The number of benzene rings is 6. The van der Waals surface area contributed by atoms with E-state index >= 15 is 0 Å². The highest BCUT2D eigenvalue weighted by Gasteiger charge is 2.25. The number of aromatic nitrogens is 2. The molecule has 0 aliphatic rings. The van der Waals surface area contributed by atoms with Crippen LogP contribution in [0.5, 0.6) is 0 Å². The second kappa shape index (κ2) is 16.6. The minimum absolute atomic E-state index is 0.134. The highest BCUT2D eigenvalue weighted by Crippen LogP contribution is 2.46. The van der Waals surface area contributed by atoms with Crippen LogP contribution in [0.4, 0.5) is 17.1 Å². The first-order valence-electron chi connectivity index (χ1n) is 21.8. The van der Waals surface area contributed by atoms with E-state index in [1.807, 2.05) is 12.4 Å². The Morgan fingerprint density at radius 3 is 1.36 bits per heavy atom. The van der Waals surface area contributed by atoms with Crippen molar-refractivity contribution in [1.82, 2.24) is 9.97 Å². The first-order valence-corrected chi connectivity index (χ1v) is 21.8. The van der Waals surface area contributed by atoms with E-state index in [1.165, 1.54) is 49.7 Å². The van der Waals surface area contributed by atoms with Gasteiger partial charge in [0.25, 0.3) is 0 Å². The van der Waals surface area contributed by atoms with Crippen molar-refractivity contribution in [2.24, 2.45) is 5.92 Å². The van der Waals surface area contributed by atoms with E-state index in [-0.39, 0.29) is 10.8 Å². The summed E-state index contributed by atoms with van der Waals surface area (Å²) >= 11 is 0. The molecule has 0 spiro atoms. The van der Waals surface area contributed by atoms with Crippen LogP contribution in [0.3, 0.4) is 0 Å². The largest absolute Gasteiger partial charge is 0.310 e. The van der Waals surface area contributed by atoms with Crippen molar-refractivity contribution < 1.29 is 0 Å². The maximum absolute atomic E-state index is 5.11. The Balaban J connectivity index is 1.42. The molecule has 8 aromatic rings. The molecule has 0 aliphatic heterocycles. The van der Waals surface area contributed by atoms with Gasteiger partial charge < -0.3 is 4.90 Å². The van der Waals surface area contributed by atoms with Crippen LogP contribution in [-0.4, -0.2) is 9.97 Å². The fraction of sp³-hybridized carbons (Fsp3) is 0.241. The second-order valence-corrected chi connectivity index (χ2v) is 19.3. The molecule has 0 N–H and O–H groups in total. The first-order chi connectivity index (χ1) is 29.1. The van der Waals surface area contributed by atoms with Crippen LogP contribution in [-0.2, 0) is 17.3 Å². The van der Waals surface area contributed by atoms with E-state index in [1.54, 1.807) is 0 Å². The summed E-state index contributed by atoms with van der Waals surface area (Å²) in [7, 11) is 0. The zero-order valence-electron chi connectivity index (χ0n) is 37.6. The van der Waals surface area contributed by atoms with Crippen LogP contribution in [0.1, 0.15) is 83.2 Å². The smallest absolute Gasteiger partial charge is 0.0709 e. The zero-order valence-corrected chi connectivity index (χ0v) is 37.6. The molecule has 0 amide bonds. The van der Waals surface area contributed by atoms with Crippen molar-refractivity contribution in [2.45, 2.75) is 86.5 Å². The number of fused-ring (bicyclic) bond motifs is 1. The minimum atomic E-state index is -0.134. The molecule has 0 atom stereocenters. The molecule has 3 nitrogen and oxygen atoms in total. The lowest BCUT2D eigenvalue weighted by Gasteiger charge is -2.32. The summed E-state index contributed by atoms with van der Waals surface area (Å²) in [6.45, 7) is 22.7. The molecule has 8 rings (SSSR count). The van der Waals surface area contributed by atoms with Gasteiger partial charge in [-0.15, -0.1) is 0 Å². The minimum Gasteiger partial charge on any atom is -0.310 e. The summed E-state index contributed by atoms with van der Waals surface area (Å²) in [5, 5.41) is 2.52. The third kappa shape index (κ3) is 8.79. The van der Waals surface area contributed by atoms with Crippen LogP contribution in [0.2, 0.25) is 0 Å². The molecule has 0 bridgehead atoms. The van der Waals surface area contributed by atoms with Gasteiger partial charge in [-0.05, 0) is 147 Å². The van der Waals surface area contributed by atoms with Crippen LogP contribution in [0.25, 0.3) is 55.5 Å². The van der Waals surface area contributed by atoms with Gasteiger partial charge in [0.15, 0.2) is 0 Å². The maximum Gasteiger partial charge on any atom is 0.0709 e. The van der Waals surface area contributed by atoms with Gasteiger partial charge >= 0.3 is 0 Å². The molecule has 3 heteroatoms. The quantitative estimate of drug-likeness (QED) is 0.146. The number of nitrogens with zero attached hydrogens (tertiary/aromatic N) is 3. The Hall–Kier alpha value is -6.32. The molecule has 6 aromatic carbocycles. The van der Waals surface area contributed by atoms with Gasteiger partial charge in [-0.2, -0.15) is 0 Å². The van der Waals surface area contributed by atoms with Crippen molar-refractivity contribution in [3.63, 3.8) is 0 Å². The Morgan fingerprint density at radius 1 is 0.475 bits per heavy atom. The van der Waals surface area contributed by atoms with E-state index < -0.39 is 0 Å². The fourth-order valence-corrected chi connectivity index (χ4v) is 8.45. The number of aryl methyl sites for hydroxylation is 2. The second-order valence-electron chi connectivity index (χ2n) is 19.3. The summed E-state index contributed by atoms with van der Waals surface area (Å²) in [5.41, 5.74) is 18.1. The molecule has 0 fully saturated rings. The Morgan fingerprint density at radius 2 is 0.918 bits per heavy atom. The Kier molecular flexibility index (Phi) is 11.3. The summed E-state index contributed by atoms with van der Waals surface area (Å²) < 4.78 is 0. The summed E-state index contributed by atoms with van der Waals surface area (Å²) in [6, 6.07) is 53.7. The van der Waals surface area contributed by atoms with Gasteiger partial charge in [0, 0.05) is 40.3 Å². The molecule has 0 saturated carbocycles. The van der Waals surface area contributed by atoms with Crippen LogP contribution in [0, 0.1) is 19.8 Å². The molecule has 2 aromatic heterocycles. The molecule has 61 heavy (non-hydrogen) atoms. The van der Waals surface area contributed by atoms with Crippen molar-refractivity contribution in [1.29, 1.82) is 0 Å². The van der Waals surface area contributed by atoms with Gasteiger partial charge in [0.2, 0.25) is 0 Å². The average Bonchev–Trinajstić information content (AvgIpc) is 3.24. The molecular weight excluding hydrogens is 739 g/mol. The molecule has 306 valence electrons. The average molecular weight is 798 g/mol. The van der Waals surface area contributed by atoms with Gasteiger partial charge in [-0.25, -0.2) is 0 Å². The predicted octanol–water partition coefficient (Wildman–Crippen LogP) is 16.2. The van der Waals surface area contributed by atoms with Gasteiger partial charge in [0.1, 0.15) is 0 Å². The molecular formula is C58H59N3. The highest BCUT2D eigenvalue weighted by atomic mass is 15.1. The van der Waals surface area contributed by atoms with E-state index in [0.717, 1.165) is 57.1 Å². The van der Waals surface area contributed by atoms with Crippen LogP contribution < -0.4 is 4.90 Å². The van der Waals surface area contributed by atoms with Gasteiger partial charge in [-0.1, -0.05) is 146 Å². The molecule has 0 unspecified atom stereocenters. The zero-order chi connectivity index (χ0) is 43.1. The van der Waals surface area contributed by atoms with Crippen LogP contribution >= 0.6 is 0 Å². The van der Waals surface area contributed by atoms with Crippen molar-refractivity contribution in [3.8, 4) is 44.8 Å². The van der Waals surface area contributed by atoms with Gasteiger partial charge in [-0.3, -0.25) is 9.97 Å². The fourth-order valence-electron chi connectivity index (χ4n) is 8.45. The summed E-state index contributed by atoms with van der Waals surface area (Å²) in [5.74, 6) is 0.535. The summed E-state index contributed by atoms with van der Waals surface area (Å²) in [6.07, 6.45) is 5.06. The normalized spacial score (nSPS) is 12.0. The van der Waals surface area contributed by atoms with Crippen molar-refractivity contribution in [2.75, 3.05) is 4.90 Å². The maximum atomic E-state index is 5.11. The van der Waals surface area contributed by atoms with E-state index in [0.29, 0.717) is 5.92 Å².